The summed E-state index contributed by atoms with van der Waals surface area (Å²) in [5.41, 5.74) is 2.24. The van der Waals surface area contributed by atoms with Gasteiger partial charge in [0, 0.05) is 24.2 Å². The molecule has 0 aromatic carbocycles. The van der Waals surface area contributed by atoms with E-state index in [9.17, 15) is 8.42 Å². The topological polar surface area (TPSA) is 59.1 Å². The molecular weight excluding hydrogens is 248 g/mol. The van der Waals surface area contributed by atoms with Crippen LogP contribution >= 0.6 is 0 Å². The van der Waals surface area contributed by atoms with Crippen molar-refractivity contribution in [2.75, 3.05) is 18.6 Å². The Kier molecular flexibility index (Phi) is 5.75. The molecule has 1 aromatic rings. The third-order valence-corrected chi connectivity index (χ3v) is 4.83. The molecule has 1 heterocycles. The molecule has 1 N–H and O–H groups in total. The minimum Gasteiger partial charge on any atom is -0.313 e. The minimum atomic E-state index is -2.86. The molecule has 18 heavy (non-hydrogen) atoms. The van der Waals surface area contributed by atoms with Crippen molar-refractivity contribution < 1.29 is 8.42 Å². The molecule has 5 heteroatoms. The largest absolute Gasteiger partial charge is 0.313 e. The molecule has 0 spiro atoms. The Morgan fingerprint density at radius 2 is 2.11 bits per heavy atom. The predicted octanol–water partition coefficient (Wildman–Crippen LogP) is 1.87. The second-order valence-corrected chi connectivity index (χ2v) is 6.99. The van der Waals surface area contributed by atoms with Crippen LogP contribution in [0.2, 0.25) is 0 Å². The van der Waals surface area contributed by atoms with Crippen molar-refractivity contribution in [3.05, 3.63) is 29.6 Å². The van der Waals surface area contributed by atoms with Crippen LogP contribution in [0, 0.1) is 6.92 Å². The van der Waals surface area contributed by atoms with Gasteiger partial charge in [-0.05, 0) is 37.9 Å². The highest BCUT2D eigenvalue weighted by molar-refractivity contribution is 7.91. The summed E-state index contributed by atoms with van der Waals surface area (Å²) in [4.78, 5) is 4.17. The quantitative estimate of drug-likeness (QED) is 0.821. The van der Waals surface area contributed by atoms with Gasteiger partial charge in [-0.15, -0.1) is 0 Å². The lowest BCUT2D eigenvalue weighted by Gasteiger charge is -2.16. The number of sulfone groups is 1. The van der Waals surface area contributed by atoms with Crippen molar-refractivity contribution >= 4 is 9.84 Å². The second-order valence-electron chi connectivity index (χ2n) is 4.52. The molecule has 4 nitrogen and oxygen atoms in total. The van der Waals surface area contributed by atoms with Crippen LogP contribution in [-0.4, -0.2) is 32.0 Å². The van der Waals surface area contributed by atoms with E-state index < -0.39 is 9.84 Å². The first-order chi connectivity index (χ1) is 8.48. The number of aryl methyl sites for hydroxylation is 1. The van der Waals surface area contributed by atoms with Crippen LogP contribution in [0.15, 0.2) is 18.5 Å². The Morgan fingerprint density at radius 1 is 1.39 bits per heavy atom. The molecular formula is C13H22N2O2S. The molecule has 102 valence electrons. The van der Waals surface area contributed by atoms with Crippen LogP contribution in [0.1, 0.15) is 36.9 Å². The van der Waals surface area contributed by atoms with E-state index in [0.717, 1.165) is 17.5 Å². The van der Waals surface area contributed by atoms with Gasteiger partial charge in [-0.25, -0.2) is 8.42 Å². The number of nitrogens with one attached hydrogen (secondary N) is 1. The third-order valence-electron chi connectivity index (χ3n) is 3.03. The van der Waals surface area contributed by atoms with E-state index in [1.165, 1.54) is 0 Å². The van der Waals surface area contributed by atoms with E-state index in [4.69, 9.17) is 0 Å². The summed E-state index contributed by atoms with van der Waals surface area (Å²) in [6.07, 6.45) is 5.14. The molecule has 0 bridgehead atoms. The van der Waals surface area contributed by atoms with E-state index >= 15 is 0 Å². The Bertz CT molecular complexity index is 472. The fourth-order valence-electron chi connectivity index (χ4n) is 1.90. The molecule has 1 atom stereocenters. The normalized spacial score (nSPS) is 13.5. The van der Waals surface area contributed by atoms with Crippen LogP contribution < -0.4 is 5.32 Å². The van der Waals surface area contributed by atoms with Gasteiger partial charge in [-0.2, -0.15) is 0 Å². The van der Waals surface area contributed by atoms with Crippen molar-refractivity contribution in [2.45, 2.75) is 32.7 Å². The number of hydrogen-bond acceptors (Lipinski definition) is 4. The maximum atomic E-state index is 11.4. The molecule has 1 unspecified atom stereocenters. The van der Waals surface area contributed by atoms with E-state index in [2.05, 4.69) is 16.4 Å². The number of rotatable bonds is 7. The van der Waals surface area contributed by atoms with Crippen LogP contribution in [-0.2, 0) is 9.84 Å². The molecule has 0 fully saturated rings. The molecule has 1 rings (SSSR count). The van der Waals surface area contributed by atoms with Gasteiger partial charge in [0.1, 0.15) is 9.84 Å². The fraction of sp³-hybridized carbons (Fsp3) is 0.615. The first-order valence-corrected chi connectivity index (χ1v) is 8.10. The lowest BCUT2D eigenvalue weighted by molar-refractivity contribution is 0.534. The lowest BCUT2D eigenvalue weighted by atomic mass is 10.0. The van der Waals surface area contributed by atoms with Gasteiger partial charge in [0.25, 0.3) is 0 Å². The van der Waals surface area contributed by atoms with E-state index in [1.54, 1.807) is 6.92 Å². The Balaban J connectivity index is 2.58. The van der Waals surface area contributed by atoms with Gasteiger partial charge < -0.3 is 5.32 Å². The van der Waals surface area contributed by atoms with Gasteiger partial charge in [-0.3, -0.25) is 4.98 Å². The first-order valence-electron chi connectivity index (χ1n) is 6.27. The molecule has 0 aliphatic heterocycles. The van der Waals surface area contributed by atoms with Crippen LogP contribution in [0.25, 0.3) is 0 Å². The van der Waals surface area contributed by atoms with Gasteiger partial charge in [0.05, 0.1) is 5.75 Å². The monoisotopic (exact) mass is 270 g/mol. The number of hydrogen-bond donors (Lipinski definition) is 1. The first kappa shape index (κ1) is 15.1. The van der Waals surface area contributed by atoms with E-state index in [1.807, 2.05) is 26.4 Å². The lowest BCUT2D eigenvalue weighted by Crippen LogP contribution is -2.18. The van der Waals surface area contributed by atoms with Gasteiger partial charge >= 0.3 is 0 Å². The molecule has 0 amide bonds. The standard InChI is InChI=1S/C13H22N2O2S/c1-4-18(16,17)7-5-6-13(14-3)12-8-11(2)9-15-10-12/h8-10,13-14H,4-7H2,1-3H3. The SMILES string of the molecule is CCS(=O)(=O)CCCC(NC)c1cncc(C)c1. The average Bonchev–Trinajstić information content (AvgIpc) is 2.34. The summed E-state index contributed by atoms with van der Waals surface area (Å²) in [6, 6.07) is 2.26. The summed E-state index contributed by atoms with van der Waals surface area (Å²) in [7, 11) is -0.967. The molecule has 0 saturated carbocycles. The summed E-state index contributed by atoms with van der Waals surface area (Å²) in [6.45, 7) is 3.69. The highest BCUT2D eigenvalue weighted by Gasteiger charge is 2.12. The van der Waals surface area contributed by atoms with Crippen LogP contribution in [0.5, 0.6) is 0 Å². The number of aromatic nitrogens is 1. The molecule has 0 saturated heterocycles. The number of pyridine rings is 1. The number of nitrogens with zero attached hydrogens (tertiary/aromatic N) is 1. The smallest absolute Gasteiger partial charge is 0.150 e. The highest BCUT2D eigenvalue weighted by Crippen LogP contribution is 2.18. The summed E-state index contributed by atoms with van der Waals surface area (Å²) >= 11 is 0. The Morgan fingerprint density at radius 3 is 2.67 bits per heavy atom. The van der Waals surface area contributed by atoms with E-state index in [0.29, 0.717) is 6.42 Å². The van der Waals surface area contributed by atoms with Crippen molar-refractivity contribution in [2.24, 2.45) is 0 Å². The zero-order chi connectivity index (χ0) is 13.6. The van der Waals surface area contributed by atoms with Crippen molar-refractivity contribution in [3.8, 4) is 0 Å². The zero-order valence-electron chi connectivity index (χ0n) is 11.3. The van der Waals surface area contributed by atoms with Crippen molar-refractivity contribution in [3.63, 3.8) is 0 Å². The fourth-order valence-corrected chi connectivity index (χ4v) is 2.79. The van der Waals surface area contributed by atoms with Crippen LogP contribution in [0.3, 0.4) is 0 Å². The summed E-state index contributed by atoms with van der Waals surface area (Å²) in [5, 5.41) is 3.22. The molecule has 0 aliphatic rings. The second kappa shape index (κ2) is 6.85. The zero-order valence-corrected chi connectivity index (χ0v) is 12.1. The molecule has 0 radical (unpaired) electrons. The van der Waals surface area contributed by atoms with Crippen molar-refractivity contribution in [1.29, 1.82) is 0 Å². The maximum Gasteiger partial charge on any atom is 0.150 e. The third kappa shape index (κ3) is 4.74. The average molecular weight is 270 g/mol. The van der Waals surface area contributed by atoms with Gasteiger partial charge in [-0.1, -0.05) is 13.0 Å². The summed E-state index contributed by atoms with van der Waals surface area (Å²) < 4.78 is 22.9. The maximum absolute atomic E-state index is 11.4. The predicted molar refractivity (Wildman–Crippen MR) is 74.3 cm³/mol. The molecule has 0 aliphatic carbocycles. The van der Waals surface area contributed by atoms with E-state index in [-0.39, 0.29) is 17.5 Å². The van der Waals surface area contributed by atoms with Gasteiger partial charge in [0.2, 0.25) is 0 Å². The Labute approximate surface area is 110 Å². The van der Waals surface area contributed by atoms with Gasteiger partial charge in [0.15, 0.2) is 0 Å². The highest BCUT2D eigenvalue weighted by atomic mass is 32.2. The minimum absolute atomic E-state index is 0.171. The summed E-state index contributed by atoms with van der Waals surface area (Å²) in [5.74, 6) is 0.490. The van der Waals surface area contributed by atoms with Crippen molar-refractivity contribution in [1.82, 2.24) is 10.3 Å². The Hall–Kier alpha value is -0.940. The van der Waals surface area contributed by atoms with Crippen LogP contribution in [0.4, 0.5) is 0 Å². The molecule has 1 aromatic heterocycles.